The van der Waals surface area contributed by atoms with Crippen molar-refractivity contribution in [1.29, 1.82) is 0 Å². The second-order valence-corrected chi connectivity index (χ2v) is 9.92. The van der Waals surface area contributed by atoms with E-state index in [4.69, 9.17) is 11.2 Å². The van der Waals surface area contributed by atoms with Gasteiger partial charge >= 0.3 is 6.01 Å². The molecule has 198 valence electrons. The van der Waals surface area contributed by atoms with Gasteiger partial charge in [-0.05, 0) is 50.7 Å². The van der Waals surface area contributed by atoms with Gasteiger partial charge in [0.25, 0.3) is 0 Å². The lowest BCUT2D eigenvalue weighted by molar-refractivity contribution is 0.154. The number of likely N-dealkylation sites (N-methyl/N-ethyl adjacent to an activating group) is 1. The van der Waals surface area contributed by atoms with Crippen LogP contribution in [0.25, 0.3) is 16.5 Å². The van der Waals surface area contributed by atoms with Crippen LogP contribution >= 0.6 is 0 Å². The van der Waals surface area contributed by atoms with Gasteiger partial charge in [-0.15, -0.1) is 6.42 Å². The highest BCUT2D eigenvalue weighted by Crippen LogP contribution is 2.45. The van der Waals surface area contributed by atoms with Gasteiger partial charge in [0, 0.05) is 43.2 Å². The summed E-state index contributed by atoms with van der Waals surface area (Å²) in [5, 5.41) is 21.0. The standard InChI is InChI=1S/C28H29F2N5O3/c1-4-19-22(29)8-7-16-12-18(37)13-20(23(16)19)25-24(30)26-21(14-31-25)27(35-9-5-6-17(36)15-35)33-28(32-26)38-11-10-34(2)3/h1,7-8,12-14,16-17,23,36-37H,5-6,9-11,15H2,2-3H3. The first-order valence-corrected chi connectivity index (χ1v) is 12.5. The number of rotatable bonds is 6. The number of hydrogen-bond donors (Lipinski definition) is 2. The van der Waals surface area contributed by atoms with Gasteiger partial charge in [0.15, 0.2) is 5.82 Å². The third kappa shape index (κ3) is 4.87. The second-order valence-electron chi connectivity index (χ2n) is 9.92. The van der Waals surface area contributed by atoms with Crippen LogP contribution in [0.1, 0.15) is 18.5 Å². The van der Waals surface area contributed by atoms with Crippen LogP contribution in [-0.4, -0.2) is 76.5 Å². The highest BCUT2D eigenvalue weighted by atomic mass is 19.1. The van der Waals surface area contributed by atoms with Crippen molar-refractivity contribution in [3.05, 3.63) is 59.2 Å². The number of allylic oxidation sites excluding steroid dienone is 7. The van der Waals surface area contributed by atoms with E-state index in [9.17, 15) is 14.6 Å². The number of aromatic nitrogens is 3. The Morgan fingerprint density at radius 2 is 2.11 bits per heavy atom. The molecular formula is C28H29F2N5O3. The van der Waals surface area contributed by atoms with Crippen LogP contribution in [0.15, 0.2) is 47.7 Å². The first-order chi connectivity index (χ1) is 18.3. The number of β-amino-alcohol motifs (C(OH)–C–C–N with tert-alkyl or cyclic N) is 1. The van der Waals surface area contributed by atoms with E-state index in [1.54, 1.807) is 12.2 Å². The molecule has 3 unspecified atom stereocenters. The SMILES string of the molecule is C#CC1=C(F)C=CC2C=C(O)C=C(c3ncc4c(N5CCCC(O)C5)nc(OCCN(C)C)nc4c3F)C12. The van der Waals surface area contributed by atoms with E-state index in [0.29, 0.717) is 37.3 Å². The molecular weight excluding hydrogens is 492 g/mol. The molecule has 1 aliphatic heterocycles. The predicted molar refractivity (Wildman–Crippen MR) is 141 cm³/mol. The molecule has 2 N–H and O–H groups in total. The molecule has 0 aromatic carbocycles. The van der Waals surface area contributed by atoms with E-state index < -0.39 is 29.6 Å². The highest BCUT2D eigenvalue weighted by molar-refractivity contribution is 5.92. The number of piperidine rings is 1. The summed E-state index contributed by atoms with van der Waals surface area (Å²) in [5.74, 6) is 0.190. The molecule has 3 aliphatic rings. The first kappa shape index (κ1) is 25.8. The Kier molecular flexibility index (Phi) is 7.15. The average Bonchev–Trinajstić information content (AvgIpc) is 2.88. The molecule has 3 heterocycles. The van der Waals surface area contributed by atoms with E-state index in [0.717, 1.165) is 6.42 Å². The van der Waals surface area contributed by atoms with E-state index in [-0.39, 0.29) is 40.7 Å². The fourth-order valence-electron chi connectivity index (χ4n) is 5.12. The molecule has 0 spiro atoms. The van der Waals surface area contributed by atoms with Crippen LogP contribution in [-0.2, 0) is 0 Å². The van der Waals surface area contributed by atoms with Gasteiger partial charge in [-0.1, -0.05) is 12.0 Å². The molecule has 1 saturated heterocycles. The largest absolute Gasteiger partial charge is 0.508 e. The minimum atomic E-state index is -0.757. The molecule has 8 nitrogen and oxygen atoms in total. The number of pyridine rings is 1. The first-order valence-electron chi connectivity index (χ1n) is 12.5. The average molecular weight is 522 g/mol. The lowest BCUT2D eigenvalue weighted by Gasteiger charge is -2.32. The molecule has 2 aromatic heterocycles. The topological polar surface area (TPSA) is 94.8 Å². The fourth-order valence-corrected chi connectivity index (χ4v) is 5.12. The molecule has 0 amide bonds. The summed E-state index contributed by atoms with van der Waals surface area (Å²) >= 11 is 0. The molecule has 0 bridgehead atoms. The molecule has 38 heavy (non-hydrogen) atoms. The summed E-state index contributed by atoms with van der Waals surface area (Å²) in [6.45, 7) is 1.85. The Bertz CT molecular complexity index is 1430. The maximum atomic E-state index is 16.3. The number of nitrogens with zero attached hydrogens (tertiary/aromatic N) is 5. The van der Waals surface area contributed by atoms with Gasteiger partial charge in [0.1, 0.15) is 35.2 Å². The van der Waals surface area contributed by atoms with Gasteiger partial charge < -0.3 is 24.7 Å². The zero-order chi connectivity index (χ0) is 27.0. The Morgan fingerprint density at radius 3 is 2.84 bits per heavy atom. The van der Waals surface area contributed by atoms with E-state index >= 15 is 4.39 Å². The van der Waals surface area contributed by atoms with Crippen LogP contribution in [0.5, 0.6) is 6.01 Å². The van der Waals surface area contributed by atoms with Crippen LogP contribution in [0.2, 0.25) is 0 Å². The second kappa shape index (κ2) is 10.5. The summed E-state index contributed by atoms with van der Waals surface area (Å²) in [7, 11) is 3.81. The number of anilines is 1. The summed E-state index contributed by atoms with van der Waals surface area (Å²) in [5.41, 5.74) is 0.202. The smallest absolute Gasteiger partial charge is 0.319 e. The molecule has 5 rings (SSSR count). The van der Waals surface area contributed by atoms with E-state index in [1.165, 1.54) is 18.3 Å². The molecule has 0 saturated carbocycles. The number of terminal acetylenes is 1. The van der Waals surface area contributed by atoms with Crippen LogP contribution in [0.4, 0.5) is 14.6 Å². The van der Waals surface area contributed by atoms with Gasteiger partial charge in [0.05, 0.1) is 11.5 Å². The van der Waals surface area contributed by atoms with Crippen molar-refractivity contribution in [2.24, 2.45) is 11.8 Å². The normalized spacial score (nSPS) is 23.3. The van der Waals surface area contributed by atoms with Crippen molar-refractivity contribution < 1.29 is 23.7 Å². The zero-order valence-corrected chi connectivity index (χ0v) is 21.2. The zero-order valence-electron chi connectivity index (χ0n) is 21.2. The third-order valence-corrected chi connectivity index (χ3v) is 6.96. The van der Waals surface area contributed by atoms with Crippen molar-refractivity contribution in [2.45, 2.75) is 18.9 Å². The van der Waals surface area contributed by atoms with Crippen molar-refractivity contribution in [2.75, 3.05) is 45.2 Å². The minimum absolute atomic E-state index is 0.000407. The lowest BCUT2D eigenvalue weighted by Crippen LogP contribution is -2.39. The van der Waals surface area contributed by atoms with Crippen LogP contribution in [0, 0.1) is 30.0 Å². The van der Waals surface area contributed by atoms with E-state index in [1.807, 2.05) is 23.9 Å². The summed E-state index contributed by atoms with van der Waals surface area (Å²) in [6, 6.07) is -0.000407. The maximum absolute atomic E-state index is 16.3. The third-order valence-electron chi connectivity index (χ3n) is 6.96. The number of fused-ring (bicyclic) bond motifs is 2. The lowest BCUT2D eigenvalue weighted by atomic mass is 9.73. The Morgan fingerprint density at radius 1 is 1.29 bits per heavy atom. The highest BCUT2D eigenvalue weighted by Gasteiger charge is 2.36. The molecule has 2 aliphatic carbocycles. The van der Waals surface area contributed by atoms with Gasteiger partial charge in [-0.2, -0.15) is 9.97 Å². The minimum Gasteiger partial charge on any atom is -0.508 e. The van der Waals surface area contributed by atoms with Crippen molar-refractivity contribution in [1.82, 2.24) is 19.9 Å². The van der Waals surface area contributed by atoms with Crippen LogP contribution in [0.3, 0.4) is 0 Å². The van der Waals surface area contributed by atoms with Gasteiger partial charge in [0.2, 0.25) is 0 Å². The molecule has 2 aromatic rings. The predicted octanol–water partition coefficient (Wildman–Crippen LogP) is 3.56. The number of ether oxygens (including phenoxy) is 1. The van der Waals surface area contributed by atoms with Gasteiger partial charge in [-0.25, -0.2) is 8.78 Å². The number of aliphatic hydroxyl groups excluding tert-OH is 2. The van der Waals surface area contributed by atoms with E-state index in [2.05, 4.69) is 20.9 Å². The van der Waals surface area contributed by atoms with Crippen molar-refractivity contribution in [3.8, 4) is 18.4 Å². The summed E-state index contributed by atoms with van der Waals surface area (Å²) < 4.78 is 36.7. The van der Waals surface area contributed by atoms with Gasteiger partial charge in [-0.3, -0.25) is 4.98 Å². The van der Waals surface area contributed by atoms with Crippen LogP contribution < -0.4 is 9.64 Å². The summed E-state index contributed by atoms with van der Waals surface area (Å²) in [6.07, 6.45) is 13.7. The van der Waals surface area contributed by atoms with Crippen molar-refractivity contribution >= 4 is 22.3 Å². The number of hydrogen-bond acceptors (Lipinski definition) is 8. The monoisotopic (exact) mass is 521 g/mol. The Balaban J connectivity index is 1.64. The number of halogens is 2. The van der Waals surface area contributed by atoms with Crippen molar-refractivity contribution in [3.63, 3.8) is 0 Å². The maximum Gasteiger partial charge on any atom is 0.319 e. The summed E-state index contributed by atoms with van der Waals surface area (Å²) in [4.78, 5) is 17.1. The quantitative estimate of drug-likeness (QED) is 0.558. The molecule has 10 heteroatoms. The fraction of sp³-hybridized carbons (Fsp3) is 0.393. The molecule has 1 fully saturated rings. The Labute approximate surface area is 219 Å². The number of aliphatic hydroxyl groups is 2. The Hall–Kier alpha value is -3.81. The molecule has 0 radical (unpaired) electrons. The molecule has 3 atom stereocenters.